The number of amides is 1. The minimum absolute atomic E-state index is 0.0284. The Balaban J connectivity index is 1.06. The van der Waals surface area contributed by atoms with Crippen molar-refractivity contribution in [1.29, 1.82) is 0 Å². The number of carbonyl (C=O) groups excluding carboxylic acids is 1. The minimum atomic E-state index is -0.0284. The second kappa shape index (κ2) is 18.4. The van der Waals surface area contributed by atoms with Gasteiger partial charge in [0.25, 0.3) is 0 Å². The number of carbonyl (C=O) groups is 1. The summed E-state index contributed by atoms with van der Waals surface area (Å²) in [5, 5.41) is 4.42. The lowest BCUT2D eigenvalue weighted by Crippen LogP contribution is -2.52. The van der Waals surface area contributed by atoms with Crippen LogP contribution in [0.2, 0.25) is 0 Å². The largest absolute Gasteiger partial charge is 0.490 e. The molecular weight excluding hydrogens is 572 g/mol. The molecule has 1 amide bonds. The Morgan fingerprint density at radius 2 is 1.46 bits per heavy atom. The van der Waals surface area contributed by atoms with Gasteiger partial charge in [-0.2, -0.15) is 0 Å². The van der Waals surface area contributed by atoms with Crippen molar-refractivity contribution in [3.05, 3.63) is 108 Å². The van der Waals surface area contributed by atoms with E-state index in [-0.39, 0.29) is 18.1 Å². The molecule has 0 spiro atoms. The van der Waals surface area contributed by atoms with Gasteiger partial charge in [0.2, 0.25) is 5.91 Å². The maximum Gasteiger partial charge on any atom is 0.234 e. The van der Waals surface area contributed by atoms with E-state index in [1.165, 1.54) is 11.1 Å². The van der Waals surface area contributed by atoms with E-state index in [0.717, 1.165) is 87.9 Å². The van der Waals surface area contributed by atoms with Crippen molar-refractivity contribution in [2.75, 3.05) is 52.5 Å². The first-order valence-corrected chi connectivity index (χ1v) is 17.1. The zero-order chi connectivity index (χ0) is 31.8. The number of benzene rings is 3. The van der Waals surface area contributed by atoms with Crippen molar-refractivity contribution in [3.8, 4) is 5.75 Å². The standard InChI is InChI=1S/C39H50N4O3/c1-2-45-35(31-46-38-23-11-22-37-36(38)21-12-24-40-37)29-42-25-27-43(28-26-42)30-39(44)41-34(19-9-17-32-13-5-3-6-14-32)20-10-18-33-15-7-4-8-16-33/h3-8,11-16,21-24,34-35H,2,9-10,17-20,25-31H2,1H3,(H,41,44)/t35-/m1/s1. The molecule has 1 atom stereocenters. The second-order valence-electron chi connectivity index (χ2n) is 12.3. The SMILES string of the molecule is CCO[C@@H](COc1cccc2ncccc12)CN1CCN(CC(=O)NC(CCCc2ccccc2)CCCc2ccccc2)CC1. The molecule has 1 N–H and O–H groups in total. The fourth-order valence-electron chi connectivity index (χ4n) is 6.35. The molecule has 3 aromatic carbocycles. The summed E-state index contributed by atoms with van der Waals surface area (Å²) in [6.07, 6.45) is 8.00. The molecule has 1 saturated heterocycles. The number of hydrogen-bond acceptors (Lipinski definition) is 6. The minimum Gasteiger partial charge on any atom is -0.490 e. The van der Waals surface area contributed by atoms with Crippen molar-refractivity contribution < 1.29 is 14.3 Å². The van der Waals surface area contributed by atoms with Gasteiger partial charge in [0.15, 0.2) is 0 Å². The average Bonchev–Trinajstić information content (AvgIpc) is 3.09. The highest BCUT2D eigenvalue weighted by molar-refractivity contribution is 5.84. The van der Waals surface area contributed by atoms with E-state index in [2.05, 4.69) is 80.8 Å². The van der Waals surface area contributed by atoms with E-state index >= 15 is 0 Å². The van der Waals surface area contributed by atoms with Gasteiger partial charge in [-0.25, -0.2) is 0 Å². The zero-order valence-electron chi connectivity index (χ0n) is 27.4. The smallest absolute Gasteiger partial charge is 0.234 e. The summed E-state index contributed by atoms with van der Waals surface area (Å²) in [7, 11) is 0. The first-order valence-electron chi connectivity index (χ1n) is 17.1. The number of pyridine rings is 1. The lowest BCUT2D eigenvalue weighted by Gasteiger charge is -2.36. The molecule has 0 aliphatic carbocycles. The molecule has 2 heterocycles. The third-order valence-corrected chi connectivity index (χ3v) is 8.81. The van der Waals surface area contributed by atoms with Crippen LogP contribution in [0.15, 0.2) is 97.2 Å². The van der Waals surface area contributed by atoms with Crippen molar-refractivity contribution in [1.82, 2.24) is 20.1 Å². The average molecular weight is 623 g/mol. The lowest BCUT2D eigenvalue weighted by molar-refractivity contribution is -0.123. The summed E-state index contributed by atoms with van der Waals surface area (Å²) in [5.74, 6) is 0.979. The van der Waals surface area contributed by atoms with Crippen LogP contribution in [0.3, 0.4) is 0 Å². The second-order valence-corrected chi connectivity index (χ2v) is 12.3. The maximum atomic E-state index is 13.2. The summed E-state index contributed by atoms with van der Waals surface area (Å²) in [6.45, 7) is 7.98. The number of aryl methyl sites for hydroxylation is 2. The number of fused-ring (bicyclic) bond motifs is 1. The molecule has 0 unspecified atom stereocenters. The lowest BCUT2D eigenvalue weighted by atomic mass is 9.99. The van der Waals surface area contributed by atoms with Crippen molar-refractivity contribution >= 4 is 16.8 Å². The molecular formula is C39H50N4O3. The number of ether oxygens (including phenoxy) is 2. The Labute approximate surface area is 274 Å². The quantitative estimate of drug-likeness (QED) is 0.143. The molecule has 7 heteroatoms. The van der Waals surface area contributed by atoms with E-state index in [1.807, 2.05) is 37.3 Å². The van der Waals surface area contributed by atoms with Gasteiger partial charge >= 0.3 is 0 Å². The molecule has 5 rings (SSSR count). The molecule has 1 aliphatic heterocycles. The van der Waals surface area contributed by atoms with Crippen LogP contribution in [0.5, 0.6) is 5.75 Å². The Kier molecular flexibility index (Phi) is 13.4. The van der Waals surface area contributed by atoms with Gasteiger partial charge in [-0.05, 0) is 80.8 Å². The van der Waals surface area contributed by atoms with Gasteiger partial charge in [0, 0.05) is 57.0 Å². The summed E-state index contributed by atoms with van der Waals surface area (Å²) in [6, 6.07) is 31.4. The van der Waals surface area contributed by atoms with Crippen LogP contribution in [-0.2, 0) is 22.4 Å². The van der Waals surface area contributed by atoms with Crippen LogP contribution >= 0.6 is 0 Å². The Hall–Kier alpha value is -3.78. The highest BCUT2D eigenvalue weighted by atomic mass is 16.5. The van der Waals surface area contributed by atoms with Crippen LogP contribution in [0, 0.1) is 0 Å². The van der Waals surface area contributed by atoms with Gasteiger partial charge in [0.1, 0.15) is 18.5 Å². The van der Waals surface area contributed by atoms with Crippen molar-refractivity contribution in [2.45, 2.75) is 57.6 Å². The monoisotopic (exact) mass is 622 g/mol. The molecule has 4 aromatic rings. The highest BCUT2D eigenvalue weighted by Gasteiger charge is 2.23. The Morgan fingerprint density at radius 1 is 0.804 bits per heavy atom. The van der Waals surface area contributed by atoms with Gasteiger partial charge < -0.3 is 14.8 Å². The highest BCUT2D eigenvalue weighted by Crippen LogP contribution is 2.24. The summed E-state index contributed by atoms with van der Waals surface area (Å²) in [5.41, 5.74) is 3.65. The third kappa shape index (κ3) is 10.9. The van der Waals surface area contributed by atoms with Gasteiger partial charge in [-0.3, -0.25) is 19.6 Å². The number of aromatic nitrogens is 1. The predicted molar refractivity (Wildman–Crippen MR) is 186 cm³/mol. The fraction of sp³-hybridized carbons (Fsp3) is 0.436. The molecule has 244 valence electrons. The molecule has 0 bridgehead atoms. The summed E-state index contributed by atoms with van der Waals surface area (Å²) < 4.78 is 12.3. The topological polar surface area (TPSA) is 66.9 Å². The van der Waals surface area contributed by atoms with E-state index < -0.39 is 0 Å². The van der Waals surface area contributed by atoms with Crippen LogP contribution in [-0.4, -0.2) is 85.3 Å². The van der Waals surface area contributed by atoms with Crippen molar-refractivity contribution in [2.24, 2.45) is 0 Å². The summed E-state index contributed by atoms with van der Waals surface area (Å²) in [4.78, 5) is 22.4. The molecule has 7 nitrogen and oxygen atoms in total. The van der Waals surface area contributed by atoms with Crippen LogP contribution in [0.25, 0.3) is 10.9 Å². The normalized spacial score (nSPS) is 14.8. The van der Waals surface area contributed by atoms with Crippen LogP contribution in [0.1, 0.15) is 43.7 Å². The number of nitrogens with zero attached hydrogens (tertiary/aromatic N) is 3. The number of piperazine rings is 1. The number of nitrogens with one attached hydrogen (secondary N) is 1. The van der Waals surface area contributed by atoms with Crippen molar-refractivity contribution in [3.63, 3.8) is 0 Å². The predicted octanol–water partition coefficient (Wildman–Crippen LogP) is 6.17. The third-order valence-electron chi connectivity index (χ3n) is 8.81. The number of rotatable bonds is 18. The molecule has 1 aromatic heterocycles. The Bertz CT molecular complexity index is 1390. The first-order chi connectivity index (χ1) is 22.7. The molecule has 0 radical (unpaired) electrons. The summed E-state index contributed by atoms with van der Waals surface area (Å²) >= 11 is 0. The molecule has 1 fully saturated rings. The van der Waals surface area contributed by atoms with E-state index in [1.54, 1.807) is 6.20 Å². The fourth-order valence-corrected chi connectivity index (χ4v) is 6.35. The maximum absolute atomic E-state index is 13.2. The van der Waals surface area contributed by atoms with E-state index in [4.69, 9.17) is 9.47 Å². The van der Waals surface area contributed by atoms with Crippen LogP contribution < -0.4 is 10.1 Å². The van der Waals surface area contributed by atoms with Crippen LogP contribution in [0.4, 0.5) is 0 Å². The van der Waals surface area contributed by atoms with Gasteiger partial charge in [-0.15, -0.1) is 0 Å². The molecule has 46 heavy (non-hydrogen) atoms. The van der Waals surface area contributed by atoms with E-state index in [9.17, 15) is 4.79 Å². The number of hydrogen-bond donors (Lipinski definition) is 1. The zero-order valence-corrected chi connectivity index (χ0v) is 27.4. The van der Waals surface area contributed by atoms with Gasteiger partial charge in [0.05, 0.1) is 12.1 Å². The Morgan fingerprint density at radius 3 is 2.11 bits per heavy atom. The molecule has 0 saturated carbocycles. The first kappa shape index (κ1) is 33.6. The molecule has 1 aliphatic rings. The van der Waals surface area contributed by atoms with E-state index in [0.29, 0.717) is 19.8 Å². The van der Waals surface area contributed by atoms with Gasteiger partial charge in [-0.1, -0.05) is 66.7 Å².